The lowest BCUT2D eigenvalue weighted by Gasteiger charge is -2.40. The van der Waals surface area contributed by atoms with E-state index in [1.807, 2.05) is 0 Å². The number of hydrogen-bond donors (Lipinski definition) is 3. The summed E-state index contributed by atoms with van der Waals surface area (Å²) in [6, 6.07) is 0. The van der Waals surface area contributed by atoms with Gasteiger partial charge >= 0.3 is 0 Å². The Labute approximate surface area is 106 Å². The number of hydrogen-bond acceptors (Lipinski definition) is 4. The number of nitrogens with one attached hydrogen (secondary N) is 1. The van der Waals surface area contributed by atoms with Crippen molar-refractivity contribution in [1.82, 2.24) is 10.2 Å². The Hall–Kier alpha value is -0.160. The quantitative estimate of drug-likeness (QED) is 0.626. The van der Waals surface area contributed by atoms with Crippen molar-refractivity contribution in [3.05, 3.63) is 0 Å². The smallest absolute Gasteiger partial charge is 0.0786 e. The Morgan fingerprint density at radius 2 is 2.00 bits per heavy atom. The molecule has 1 fully saturated rings. The molecule has 0 amide bonds. The third-order valence-electron chi connectivity index (χ3n) is 4.06. The number of aliphatic hydroxyl groups excluding tert-OH is 1. The van der Waals surface area contributed by atoms with Crippen molar-refractivity contribution in [2.24, 2.45) is 17.1 Å². The van der Waals surface area contributed by atoms with Crippen LogP contribution >= 0.6 is 0 Å². The van der Waals surface area contributed by atoms with Gasteiger partial charge in [0.25, 0.3) is 0 Å². The van der Waals surface area contributed by atoms with Crippen molar-refractivity contribution in [2.75, 3.05) is 39.8 Å². The Bertz CT molecular complexity index is 213. The minimum Gasteiger partial charge on any atom is -0.390 e. The maximum absolute atomic E-state index is 9.41. The summed E-state index contributed by atoms with van der Waals surface area (Å²) in [4.78, 5) is 2.40. The van der Waals surface area contributed by atoms with Gasteiger partial charge < -0.3 is 21.1 Å². The normalized spacial score (nSPS) is 21.7. The Balaban J connectivity index is 2.29. The van der Waals surface area contributed by atoms with Crippen LogP contribution in [0.25, 0.3) is 0 Å². The maximum Gasteiger partial charge on any atom is 0.0786 e. The molecule has 0 saturated carbocycles. The van der Waals surface area contributed by atoms with Gasteiger partial charge in [0.2, 0.25) is 0 Å². The van der Waals surface area contributed by atoms with E-state index in [-0.39, 0.29) is 0 Å². The van der Waals surface area contributed by atoms with Crippen LogP contribution in [-0.2, 0) is 0 Å². The minimum atomic E-state index is -0.414. The molecule has 1 aliphatic heterocycles. The second-order valence-electron chi connectivity index (χ2n) is 6.09. The van der Waals surface area contributed by atoms with Crippen molar-refractivity contribution < 1.29 is 5.11 Å². The molecular formula is C13H29N3O. The van der Waals surface area contributed by atoms with Crippen molar-refractivity contribution in [3.8, 4) is 0 Å². The molecule has 1 rings (SSSR count). The second kappa shape index (κ2) is 6.69. The number of likely N-dealkylation sites (tertiary alicyclic amines) is 1. The van der Waals surface area contributed by atoms with Crippen LogP contribution in [0.2, 0.25) is 0 Å². The molecule has 0 radical (unpaired) electrons. The lowest BCUT2D eigenvalue weighted by molar-refractivity contribution is 0.106. The molecule has 1 saturated heterocycles. The first kappa shape index (κ1) is 14.9. The fourth-order valence-electron chi connectivity index (χ4n) is 2.58. The molecule has 17 heavy (non-hydrogen) atoms. The zero-order valence-electron chi connectivity index (χ0n) is 11.6. The topological polar surface area (TPSA) is 61.5 Å². The van der Waals surface area contributed by atoms with Crippen LogP contribution in [0.3, 0.4) is 0 Å². The van der Waals surface area contributed by atoms with E-state index < -0.39 is 6.10 Å². The van der Waals surface area contributed by atoms with Gasteiger partial charge in [0.1, 0.15) is 0 Å². The highest BCUT2D eigenvalue weighted by Gasteiger charge is 2.31. The number of nitrogens with two attached hydrogens (primary N) is 1. The van der Waals surface area contributed by atoms with E-state index in [9.17, 15) is 5.11 Å². The lowest BCUT2D eigenvalue weighted by atomic mass is 9.73. The molecule has 0 aromatic carbocycles. The summed E-state index contributed by atoms with van der Waals surface area (Å²) in [7, 11) is 2.19. The summed E-state index contributed by atoms with van der Waals surface area (Å²) < 4.78 is 0. The highest BCUT2D eigenvalue weighted by molar-refractivity contribution is 4.84. The summed E-state index contributed by atoms with van der Waals surface area (Å²) >= 11 is 0. The van der Waals surface area contributed by atoms with Gasteiger partial charge in [-0.2, -0.15) is 0 Å². The molecule has 1 atom stereocenters. The van der Waals surface area contributed by atoms with Crippen LogP contribution < -0.4 is 11.1 Å². The van der Waals surface area contributed by atoms with E-state index in [4.69, 9.17) is 5.73 Å². The standard InChI is InChI=1S/C13H29N3O/c1-13(2,10-15-9-12(17)8-14)11-4-6-16(3)7-5-11/h11-12,15,17H,4-10,14H2,1-3H3. The van der Waals surface area contributed by atoms with Crippen LogP contribution in [0.1, 0.15) is 26.7 Å². The Morgan fingerprint density at radius 1 is 1.41 bits per heavy atom. The predicted octanol–water partition coefficient (Wildman–Crippen LogP) is 0.264. The summed E-state index contributed by atoms with van der Waals surface area (Å²) in [5.41, 5.74) is 5.69. The van der Waals surface area contributed by atoms with E-state index in [1.54, 1.807) is 0 Å². The molecule has 0 aromatic heterocycles. The summed E-state index contributed by atoms with van der Waals surface area (Å²) in [6.45, 7) is 8.96. The molecule has 1 heterocycles. The maximum atomic E-state index is 9.41. The first-order chi connectivity index (χ1) is 7.95. The van der Waals surface area contributed by atoms with Gasteiger partial charge in [0, 0.05) is 19.6 Å². The molecule has 1 unspecified atom stereocenters. The molecule has 0 aromatic rings. The van der Waals surface area contributed by atoms with Crippen LogP contribution in [0.15, 0.2) is 0 Å². The minimum absolute atomic E-state index is 0.301. The van der Waals surface area contributed by atoms with Gasteiger partial charge in [-0.3, -0.25) is 0 Å². The van der Waals surface area contributed by atoms with Gasteiger partial charge in [0.15, 0.2) is 0 Å². The fraction of sp³-hybridized carbons (Fsp3) is 1.00. The summed E-state index contributed by atoms with van der Waals surface area (Å²) in [6.07, 6.45) is 2.15. The molecule has 102 valence electrons. The second-order valence-corrected chi connectivity index (χ2v) is 6.09. The summed E-state index contributed by atoms with van der Waals surface area (Å²) in [5, 5.41) is 12.7. The molecule has 0 spiro atoms. The van der Waals surface area contributed by atoms with Crippen LogP contribution in [-0.4, -0.2) is 55.9 Å². The van der Waals surface area contributed by atoms with E-state index in [2.05, 4.69) is 31.1 Å². The third-order valence-corrected chi connectivity index (χ3v) is 4.06. The number of nitrogens with zero attached hydrogens (tertiary/aromatic N) is 1. The SMILES string of the molecule is CN1CCC(C(C)(C)CNCC(O)CN)CC1. The largest absolute Gasteiger partial charge is 0.390 e. The highest BCUT2D eigenvalue weighted by Crippen LogP contribution is 2.34. The molecular weight excluding hydrogens is 214 g/mol. The van der Waals surface area contributed by atoms with Gasteiger partial charge in [-0.25, -0.2) is 0 Å². The fourth-order valence-corrected chi connectivity index (χ4v) is 2.58. The molecule has 4 N–H and O–H groups in total. The Kier molecular flexibility index (Phi) is 5.86. The van der Waals surface area contributed by atoms with Crippen molar-refractivity contribution >= 4 is 0 Å². The predicted molar refractivity (Wildman–Crippen MR) is 71.9 cm³/mol. The van der Waals surface area contributed by atoms with Gasteiger partial charge in [-0.1, -0.05) is 13.8 Å². The van der Waals surface area contributed by atoms with Gasteiger partial charge in [0.05, 0.1) is 6.10 Å². The van der Waals surface area contributed by atoms with Crippen LogP contribution in [0.5, 0.6) is 0 Å². The summed E-state index contributed by atoms with van der Waals surface area (Å²) in [5.74, 6) is 0.779. The van der Waals surface area contributed by atoms with E-state index in [0.29, 0.717) is 18.5 Å². The number of rotatable bonds is 6. The number of aliphatic hydroxyl groups is 1. The van der Waals surface area contributed by atoms with Crippen molar-refractivity contribution in [1.29, 1.82) is 0 Å². The molecule has 1 aliphatic rings. The van der Waals surface area contributed by atoms with Gasteiger partial charge in [-0.05, 0) is 44.3 Å². The van der Waals surface area contributed by atoms with Crippen molar-refractivity contribution in [3.63, 3.8) is 0 Å². The van der Waals surface area contributed by atoms with Crippen molar-refractivity contribution in [2.45, 2.75) is 32.8 Å². The van der Waals surface area contributed by atoms with Gasteiger partial charge in [-0.15, -0.1) is 0 Å². The first-order valence-corrected chi connectivity index (χ1v) is 6.73. The van der Waals surface area contributed by atoms with E-state index in [0.717, 1.165) is 12.5 Å². The monoisotopic (exact) mass is 243 g/mol. The highest BCUT2D eigenvalue weighted by atomic mass is 16.3. The molecule has 0 aliphatic carbocycles. The van der Waals surface area contributed by atoms with E-state index >= 15 is 0 Å². The number of piperidine rings is 1. The van der Waals surface area contributed by atoms with E-state index in [1.165, 1.54) is 25.9 Å². The average Bonchev–Trinajstić information content (AvgIpc) is 2.29. The lowest BCUT2D eigenvalue weighted by Crippen LogP contribution is -2.44. The molecule has 4 nitrogen and oxygen atoms in total. The molecule has 0 bridgehead atoms. The zero-order valence-corrected chi connectivity index (χ0v) is 11.6. The zero-order chi connectivity index (χ0) is 12.9. The van der Waals surface area contributed by atoms with Crippen LogP contribution in [0.4, 0.5) is 0 Å². The van der Waals surface area contributed by atoms with Crippen LogP contribution in [0, 0.1) is 11.3 Å². The molecule has 4 heteroatoms. The third kappa shape index (κ3) is 4.92. The average molecular weight is 243 g/mol. The Morgan fingerprint density at radius 3 is 2.53 bits per heavy atom. The first-order valence-electron chi connectivity index (χ1n) is 6.73.